The average Bonchev–Trinajstić information content (AvgIpc) is 1.96. The van der Waals surface area contributed by atoms with Crippen LogP contribution in [0.25, 0.3) is 0 Å². The Balaban J connectivity index is 0.00000121. The SMILES string of the molecule is C=C1C(Cl)=CC(C)=[C-]N1CC.[Y]. The molecule has 0 atom stereocenters. The van der Waals surface area contributed by atoms with E-state index in [2.05, 4.69) is 12.8 Å². The van der Waals surface area contributed by atoms with Crippen molar-refractivity contribution in [2.75, 3.05) is 6.54 Å². The Morgan fingerprint density at radius 1 is 1.67 bits per heavy atom. The largest absolute Gasteiger partial charge is 0.455 e. The van der Waals surface area contributed by atoms with Crippen molar-refractivity contribution in [2.24, 2.45) is 0 Å². The molecule has 0 saturated heterocycles. The molecular formula is C9H11ClNY-. The summed E-state index contributed by atoms with van der Waals surface area (Å²) in [5, 5.41) is 0.711. The zero-order valence-electron chi connectivity index (χ0n) is 7.39. The van der Waals surface area contributed by atoms with E-state index in [0.29, 0.717) is 5.03 Å². The monoisotopic (exact) mass is 257 g/mol. The van der Waals surface area contributed by atoms with E-state index < -0.39 is 0 Å². The molecule has 63 valence electrons. The van der Waals surface area contributed by atoms with Gasteiger partial charge in [-0.15, -0.1) is 29.8 Å². The second-order valence-corrected chi connectivity index (χ2v) is 2.89. The Morgan fingerprint density at radius 2 is 2.25 bits per heavy atom. The molecule has 0 spiro atoms. The first-order valence-corrected chi connectivity index (χ1v) is 3.97. The zero-order chi connectivity index (χ0) is 8.43. The minimum absolute atomic E-state index is 0. The predicted octanol–water partition coefficient (Wildman–Crippen LogP) is 2.66. The quantitative estimate of drug-likeness (QED) is 0.653. The van der Waals surface area contributed by atoms with Gasteiger partial charge >= 0.3 is 0 Å². The van der Waals surface area contributed by atoms with Crippen molar-refractivity contribution in [3.05, 3.63) is 35.2 Å². The van der Waals surface area contributed by atoms with Crippen LogP contribution >= 0.6 is 11.6 Å². The molecule has 0 aliphatic carbocycles. The number of halogens is 1. The number of hydrogen-bond acceptors (Lipinski definition) is 1. The number of rotatable bonds is 1. The molecule has 0 aromatic carbocycles. The molecular weight excluding hydrogens is 246 g/mol. The molecule has 0 N–H and O–H groups in total. The van der Waals surface area contributed by atoms with Crippen molar-refractivity contribution < 1.29 is 32.7 Å². The third kappa shape index (κ3) is 2.72. The first kappa shape index (κ1) is 12.4. The minimum atomic E-state index is 0. The van der Waals surface area contributed by atoms with Gasteiger partial charge in [-0.05, 0) is 18.5 Å². The first-order valence-electron chi connectivity index (χ1n) is 3.59. The van der Waals surface area contributed by atoms with Gasteiger partial charge in [0.2, 0.25) is 0 Å². The van der Waals surface area contributed by atoms with E-state index in [1.165, 1.54) is 0 Å². The fourth-order valence-corrected chi connectivity index (χ4v) is 1.25. The maximum Gasteiger partial charge on any atom is 0 e. The molecule has 0 bridgehead atoms. The molecule has 0 fully saturated rings. The summed E-state index contributed by atoms with van der Waals surface area (Å²) < 4.78 is 0. The van der Waals surface area contributed by atoms with Gasteiger partial charge in [-0.3, -0.25) is 0 Å². The van der Waals surface area contributed by atoms with E-state index in [9.17, 15) is 0 Å². The predicted molar refractivity (Wildman–Crippen MR) is 47.9 cm³/mol. The summed E-state index contributed by atoms with van der Waals surface area (Å²) in [5.74, 6) is 0. The van der Waals surface area contributed by atoms with Crippen LogP contribution in [0.1, 0.15) is 13.8 Å². The second-order valence-electron chi connectivity index (χ2n) is 2.48. The van der Waals surface area contributed by atoms with Gasteiger partial charge in [0.1, 0.15) is 0 Å². The molecule has 0 saturated carbocycles. The number of allylic oxidation sites excluding steroid dienone is 3. The van der Waals surface area contributed by atoms with Gasteiger partial charge in [0.05, 0.1) is 0 Å². The fourth-order valence-electron chi connectivity index (χ4n) is 0.985. The van der Waals surface area contributed by atoms with Crippen LogP contribution in [0.3, 0.4) is 0 Å². The van der Waals surface area contributed by atoms with Crippen molar-refractivity contribution in [1.82, 2.24) is 4.90 Å². The summed E-state index contributed by atoms with van der Waals surface area (Å²) in [6.45, 7) is 8.71. The summed E-state index contributed by atoms with van der Waals surface area (Å²) in [7, 11) is 0. The zero-order valence-corrected chi connectivity index (χ0v) is 11.0. The normalized spacial score (nSPS) is 16.6. The summed E-state index contributed by atoms with van der Waals surface area (Å²) in [6.07, 6.45) is 5.01. The van der Waals surface area contributed by atoms with Crippen LogP contribution in [0, 0.1) is 6.20 Å². The van der Waals surface area contributed by atoms with Crippen LogP contribution in [-0.4, -0.2) is 11.4 Å². The van der Waals surface area contributed by atoms with E-state index in [0.717, 1.165) is 17.8 Å². The minimum Gasteiger partial charge on any atom is -0.455 e. The van der Waals surface area contributed by atoms with E-state index in [4.69, 9.17) is 11.6 Å². The van der Waals surface area contributed by atoms with Crippen LogP contribution < -0.4 is 0 Å². The van der Waals surface area contributed by atoms with Gasteiger partial charge in [0.25, 0.3) is 0 Å². The molecule has 0 aromatic rings. The number of nitrogens with zero attached hydrogens (tertiary/aromatic N) is 1. The van der Waals surface area contributed by atoms with Crippen LogP contribution in [0.5, 0.6) is 0 Å². The molecule has 12 heavy (non-hydrogen) atoms. The molecule has 1 heterocycles. The summed E-state index contributed by atoms with van der Waals surface area (Å²) >= 11 is 5.89. The average molecular weight is 258 g/mol. The van der Waals surface area contributed by atoms with E-state index in [1.807, 2.05) is 24.8 Å². The van der Waals surface area contributed by atoms with Crippen molar-refractivity contribution in [3.63, 3.8) is 0 Å². The van der Waals surface area contributed by atoms with Crippen LogP contribution in [-0.2, 0) is 32.7 Å². The maximum absolute atomic E-state index is 5.89. The molecule has 1 radical (unpaired) electrons. The number of likely N-dealkylation sites (N-methyl/N-ethyl adjacent to an activating group) is 1. The molecule has 1 aliphatic rings. The number of hydrogen-bond donors (Lipinski definition) is 0. The summed E-state index contributed by atoms with van der Waals surface area (Å²) in [5.41, 5.74) is 1.88. The molecule has 0 unspecified atom stereocenters. The van der Waals surface area contributed by atoms with Crippen molar-refractivity contribution in [1.29, 1.82) is 0 Å². The summed E-state index contributed by atoms with van der Waals surface area (Å²) in [6, 6.07) is 0. The van der Waals surface area contributed by atoms with E-state index in [1.54, 1.807) is 0 Å². The van der Waals surface area contributed by atoms with Gasteiger partial charge in [0, 0.05) is 32.7 Å². The molecule has 3 heteroatoms. The molecule has 1 rings (SSSR count). The van der Waals surface area contributed by atoms with Gasteiger partial charge in [-0.25, -0.2) is 0 Å². The van der Waals surface area contributed by atoms with Crippen LogP contribution in [0.15, 0.2) is 29.0 Å². The topological polar surface area (TPSA) is 3.24 Å². The van der Waals surface area contributed by atoms with E-state index >= 15 is 0 Å². The summed E-state index contributed by atoms with van der Waals surface area (Å²) in [4.78, 5) is 1.91. The van der Waals surface area contributed by atoms with Crippen molar-refractivity contribution in [3.8, 4) is 0 Å². The van der Waals surface area contributed by atoms with Crippen LogP contribution in [0.4, 0.5) is 0 Å². The van der Waals surface area contributed by atoms with Crippen molar-refractivity contribution >= 4 is 11.6 Å². The standard InChI is InChI=1S/C9H11ClN.Y/c1-4-11-6-7(2)5-9(10)8(11)3;/h5H,3-4H2,1-2H3;/q-1;. The molecule has 1 aliphatic heterocycles. The van der Waals surface area contributed by atoms with Gasteiger partial charge in [-0.2, -0.15) is 0 Å². The Bertz CT molecular complexity index is 243. The van der Waals surface area contributed by atoms with Crippen molar-refractivity contribution in [2.45, 2.75) is 13.8 Å². The Labute approximate surface area is 104 Å². The Kier molecular flexibility index (Phi) is 5.39. The maximum atomic E-state index is 5.89. The molecule has 0 amide bonds. The third-order valence-corrected chi connectivity index (χ3v) is 1.90. The smallest absolute Gasteiger partial charge is 0 e. The first-order chi connectivity index (χ1) is 5.15. The molecule has 0 aromatic heterocycles. The van der Waals surface area contributed by atoms with Gasteiger partial charge < -0.3 is 4.90 Å². The Hall–Kier alpha value is 0.414. The van der Waals surface area contributed by atoms with Crippen LogP contribution in [0.2, 0.25) is 0 Å². The van der Waals surface area contributed by atoms with Gasteiger partial charge in [0.15, 0.2) is 0 Å². The second kappa shape index (κ2) is 5.21. The van der Waals surface area contributed by atoms with Gasteiger partial charge in [-0.1, -0.05) is 18.8 Å². The third-order valence-electron chi connectivity index (χ3n) is 1.57. The molecule has 1 nitrogen and oxygen atoms in total. The Morgan fingerprint density at radius 3 is 2.75 bits per heavy atom. The fraction of sp³-hybridized carbons (Fsp3) is 0.333. The van der Waals surface area contributed by atoms with E-state index in [-0.39, 0.29) is 32.7 Å².